The van der Waals surface area contributed by atoms with Gasteiger partial charge in [-0.3, -0.25) is 4.90 Å². The summed E-state index contributed by atoms with van der Waals surface area (Å²) in [6.07, 6.45) is 2.67. The lowest BCUT2D eigenvalue weighted by atomic mass is 10.3. The van der Waals surface area contributed by atoms with E-state index in [1.54, 1.807) is 22.7 Å². The molecular formula is C14H19N3S2. The van der Waals surface area contributed by atoms with Crippen molar-refractivity contribution in [1.29, 1.82) is 0 Å². The Balaban J connectivity index is 1.48. The molecule has 0 saturated heterocycles. The van der Waals surface area contributed by atoms with E-state index in [0.29, 0.717) is 0 Å². The molecule has 5 heteroatoms. The number of nitrogens with one attached hydrogen (secondary N) is 1. The van der Waals surface area contributed by atoms with E-state index in [4.69, 9.17) is 4.98 Å². The number of hydrogen-bond acceptors (Lipinski definition) is 5. The van der Waals surface area contributed by atoms with Crippen LogP contribution >= 0.6 is 22.7 Å². The smallest absolute Gasteiger partial charge is 0.107 e. The average molecular weight is 293 g/mol. The molecule has 0 aromatic carbocycles. The third kappa shape index (κ3) is 4.11. The van der Waals surface area contributed by atoms with Gasteiger partial charge in [-0.05, 0) is 42.3 Å². The van der Waals surface area contributed by atoms with Gasteiger partial charge in [-0.25, -0.2) is 4.98 Å². The van der Waals surface area contributed by atoms with Crippen LogP contribution in [-0.4, -0.2) is 23.0 Å². The van der Waals surface area contributed by atoms with Gasteiger partial charge in [0, 0.05) is 31.1 Å². The lowest BCUT2D eigenvalue weighted by Crippen LogP contribution is -2.18. The molecule has 0 unspecified atom stereocenters. The van der Waals surface area contributed by atoms with E-state index in [0.717, 1.165) is 25.7 Å². The zero-order valence-electron chi connectivity index (χ0n) is 11.1. The van der Waals surface area contributed by atoms with E-state index in [2.05, 4.69) is 39.5 Å². The molecule has 0 radical (unpaired) electrons. The van der Waals surface area contributed by atoms with Gasteiger partial charge in [-0.1, -0.05) is 0 Å². The topological polar surface area (TPSA) is 28.2 Å². The van der Waals surface area contributed by atoms with Crippen LogP contribution in [0, 0.1) is 0 Å². The second-order valence-corrected chi connectivity index (χ2v) is 6.91. The molecule has 2 aromatic heterocycles. The predicted octanol–water partition coefficient (Wildman–Crippen LogP) is 3.09. The minimum absolute atomic E-state index is 0.758. The first-order valence-corrected chi connectivity index (χ1v) is 8.48. The molecule has 1 N–H and O–H groups in total. The summed E-state index contributed by atoms with van der Waals surface area (Å²) >= 11 is 3.53. The Morgan fingerprint density at radius 2 is 2.26 bits per heavy atom. The van der Waals surface area contributed by atoms with Gasteiger partial charge in [0.05, 0.1) is 5.69 Å². The molecule has 2 heterocycles. The van der Waals surface area contributed by atoms with Crippen molar-refractivity contribution in [3.8, 4) is 0 Å². The molecule has 1 saturated carbocycles. The van der Waals surface area contributed by atoms with Crippen LogP contribution in [0.5, 0.6) is 0 Å². The third-order valence-corrected chi connectivity index (χ3v) is 4.81. The molecule has 19 heavy (non-hydrogen) atoms. The fourth-order valence-electron chi connectivity index (χ4n) is 2.05. The second-order valence-electron chi connectivity index (χ2n) is 5.19. The van der Waals surface area contributed by atoms with Crippen LogP contribution in [0.15, 0.2) is 22.2 Å². The third-order valence-electron chi connectivity index (χ3n) is 3.18. The number of aromatic nitrogens is 1. The van der Waals surface area contributed by atoms with E-state index in [9.17, 15) is 0 Å². The minimum atomic E-state index is 0.758. The maximum atomic E-state index is 4.70. The maximum Gasteiger partial charge on any atom is 0.107 e. The van der Waals surface area contributed by atoms with E-state index >= 15 is 0 Å². The Bertz CT molecular complexity index is 503. The monoisotopic (exact) mass is 293 g/mol. The van der Waals surface area contributed by atoms with Gasteiger partial charge in [0.25, 0.3) is 0 Å². The molecule has 0 amide bonds. The second kappa shape index (κ2) is 6.13. The van der Waals surface area contributed by atoms with Crippen molar-refractivity contribution >= 4 is 22.7 Å². The van der Waals surface area contributed by atoms with Gasteiger partial charge in [-0.2, -0.15) is 11.3 Å². The van der Waals surface area contributed by atoms with Crippen LogP contribution in [0.25, 0.3) is 0 Å². The summed E-state index contributed by atoms with van der Waals surface area (Å²) in [7, 11) is 2.15. The van der Waals surface area contributed by atoms with Gasteiger partial charge < -0.3 is 5.32 Å². The average Bonchev–Trinajstić information content (AvgIpc) is 2.88. The Morgan fingerprint density at radius 1 is 1.37 bits per heavy atom. The van der Waals surface area contributed by atoms with E-state index in [-0.39, 0.29) is 0 Å². The minimum Gasteiger partial charge on any atom is -0.308 e. The summed E-state index contributed by atoms with van der Waals surface area (Å²) in [4.78, 5) is 7.01. The zero-order chi connectivity index (χ0) is 13.1. The highest BCUT2D eigenvalue weighted by Crippen LogP contribution is 2.20. The van der Waals surface area contributed by atoms with Crippen molar-refractivity contribution < 1.29 is 0 Å². The van der Waals surface area contributed by atoms with Gasteiger partial charge in [-0.15, -0.1) is 11.3 Å². The Kier molecular flexibility index (Phi) is 4.28. The van der Waals surface area contributed by atoms with Crippen molar-refractivity contribution in [2.45, 2.75) is 38.5 Å². The normalized spacial score (nSPS) is 15.3. The van der Waals surface area contributed by atoms with Crippen molar-refractivity contribution in [3.05, 3.63) is 38.5 Å². The summed E-state index contributed by atoms with van der Waals surface area (Å²) in [5, 5.41) is 11.3. The van der Waals surface area contributed by atoms with Crippen LogP contribution in [0.1, 0.15) is 29.1 Å². The molecule has 2 aromatic rings. The molecule has 102 valence electrons. The van der Waals surface area contributed by atoms with E-state index in [1.165, 1.54) is 29.1 Å². The lowest BCUT2D eigenvalue weighted by molar-refractivity contribution is 0.316. The Hall–Kier alpha value is -0.750. The van der Waals surface area contributed by atoms with Crippen molar-refractivity contribution in [1.82, 2.24) is 15.2 Å². The number of rotatable bonds is 7. The van der Waals surface area contributed by atoms with Crippen molar-refractivity contribution in [2.24, 2.45) is 0 Å². The van der Waals surface area contributed by atoms with Crippen molar-refractivity contribution in [2.75, 3.05) is 7.05 Å². The highest BCUT2D eigenvalue weighted by Gasteiger charge is 2.20. The highest BCUT2D eigenvalue weighted by atomic mass is 32.1. The van der Waals surface area contributed by atoms with Gasteiger partial charge in [0.1, 0.15) is 5.01 Å². The molecule has 0 aliphatic heterocycles. The fourth-order valence-corrected chi connectivity index (χ4v) is 3.44. The quantitative estimate of drug-likeness (QED) is 0.850. The maximum absolute atomic E-state index is 4.70. The standard InChI is InChI=1S/C14H19N3S2/c1-17(7-11-4-5-18-9-11)8-13-10-19-14(16-13)6-15-12-2-3-12/h4-5,9-10,12,15H,2-3,6-8H2,1H3. The largest absolute Gasteiger partial charge is 0.308 e. The van der Waals surface area contributed by atoms with Gasteiger partial charge >= 0.3 is 0 Å². The number of thiophene rings is 1. The highest BCUT2D eigenvalue weighted by molar-refractivity contribution is 7.09. The summed E-state index contributed by atoms with van der Waals surface area (Å²) < 4.78 is 0. The summed E-state index contributed by atoms with van der Waals surface area (Å²) in [6.45, 7) is 2.86. The van der Waals surface area contributed by atoms with Gasteiger partial charge in [0.2, 0.25) is 0 Å². The van der Waals surface area contributed by atoms with Gasteiger partial charge in [0.15, 0.2) is 0 Å². The van der Waals surface area contributed by atoms with Crippen molar-refractivity contribution in [3.63, 3.8) is 0 Å². The van der Waals surface area contributed by atoms with Crippen LogP contribution in [0.2, 0.25) is 0 Å². The summed E-state index contributed by atoms with van der Waals surface area (Å²) in [6, 6.07) is 2.95. The molecule has 1 aliphatic rings. The van der Waals surface area contributed by atoms with Crippen LogP contribution in [-0.2, 0) is 19.6 Å². The Morgan fingerprint density at radius 3 is 3.00 bits per heavy atom. The number of thiazole rings is 1. The zero-order valence-corrected chi connectivity index (χ0v) is 12.8. The molecular weight excluding hydrogens is 274 g/mol. The fraction of sp³-hybridized carbons (Fsp3) is 0.500. The molecule has 1 aliphatic carbocycles. The molecule has 3 nitrogen and oxygen atoms in total. The van der Waals surface area contributed by atoms with Crippen LogP contribution < -0.4 is 5.32 Å². The molecule has 3 rings (SSSR count). The predicted molar refractivity (Wildman–Crippen MR) is 81.5 cm³/mol. The van der Waals surface area contributed by atoms with E-state index < -0.39 is 0 Å². The number of hydrogen-bond donors (Lipinski definition) is 1. The van der Waals surface area contributed by atoms with E-state index in [1.807, 2.05) is 0 Å². The first-order valence-electron chi connectivity index (χ1n) is 6.66. The molecule has 0 spiro atoms. The summed E-state index contributed by atoms with van der Waals surface area (Å²) in [5.74, 6) is 0. The molecule has 0 bridgehead atoms. The number of nitrogens with zero attached hydrogens (tertiary/aromatic N) is 2. The first-order chi connectivity index (χ1) is 9.29. The first kappa shape index (κ1) is 13.2. The summed E-state index contributed by atoms with van der Waals surface area (Å²) in [5.41, 5.74) is 2.58. The molecule has 0 atom stereocenters. The molecule has 1 fully saturated rings. The van der Waals surface area contributed by atoms with Crippen LogP contribution in [0.3, 0.4) is 0 Å². The van der Waals surface area contributed by atoms with Crippen LogP contribution in [0.4, 0.5) is 0 Å². The SMILES string of the molecule is CN(Cc1ccsc1)Cc1csc(CNC2CC2)n1. The lowest BCUT2D eigenvalue weighted by Gasteiger charge is -2.13. The Labute approximate surface area is 122 Å².